The molecule has 5 rings (SSSR count). The van der Waals surface area contributed by atoms with E-state index in [1.807, 2.05) is 42.5 Å². The zero-order valence-corrected chi connectivity index (χ0v) is 22.2. The van der Waals surface area contributed by atoms with Gasteiger partial charge < -0.3 is 19.1 Å². The highest BCUT2D eigenvalue weighted by Gasteiger charge is 2.28. The van der Waals surface area contributed by atoms with Crippen molar-refractivity contribution in [2.24, 2.45) is 0 Å². The van der Waals surface area contributed by atoms with Gasteiger partial charge in [0, 0.05) is 36.3 Å². The number of carbonyl (C=O) groups excluding carboxylic acids is 1. The van der Waals surface area contributed by atoms with E-state index in [9.17, 15) is 4.79 Å². The predicted molar refractivity (Wildman–Crippen MR) is 143 cm³/mol. The number of anilines is 2. The van der Waals surface area contributed by atoms with Crippen LogP contribution in [-0.2, 0) is 16.7 Å². The molecule has 10 nitrogen and oxygen atoms in total. The zero-order valence-electron chi connectivity index (χ0n) is 22.2. The fourth-order valence-corrected chi connectivity index (χ4v) is 4.52. The summed E-state index contributed by atoms with van der Waals surface area (Å²) in [6, 6.07) is 16.6. The first-order chi connectivity index (χ1) is 18.2. The van der Waals surface area contributed by atoms with Crippen molar-refractivity contribution in [1.29, 1.82) is 0 Å². The maximum Gasteiger partial charge on any atom is 0.401 e. The van der Waals surface area contributed by atoms with Crippen LogP contribution < -0.4 is 24.8 Å². The average Bonchev–Trinajstić information content (AvgIpc) is 3.22. The predicted octanol–water partition coefficient (Wildman–Crippen LogP) is 3.42. The quantitative estimate of drug-likeness (QED) is 0.294. The molecular formula is C28H33N6O4+. The van der Waals surface area contributed by atoms with Crippen LogP contribution in [0.3, 0.4) is 0 Å². The lowest BCUT2D eigenvalue weighted by Gasteiger charge is -2.33. The Kier molecular flexibility index (Phi) is 6.90. The van der Waals surface area contributed by atoms with Crippen molar-refractivity contribution < 1.29 is 23.7 Å². The summed E-state index contributed by atoms with van der Waals surface area (Å²) in [7, 11) is 1.67. The third-order valence-electron chi connectivity index (χ3n) is 6.51. The fourth-order valence-electron chi connectivity index (χ4n) is 4.52. The van der Waals surface area contributed by atoms with Gasteiger partial charge in [-0.2, -0.15) is 0 Å². The summed E-state index contributed by atoms with van der Waals surface area (Å²) in [5.41, 5.74) is 9.07. The molecular weight excluding hydrogens is 484 g/mol. The minimum Gasteiger partial charge on any atom is -0.494 e. The summed E-state index contributed by atoms with van der Waals surface area (Å²) < 4.78 is 20.2. The molecule has 2 aromatic carbocycles. The number of hydrogen-bond acceptors (Lipinski definition) is 8. The SMILES string of the molecule is COc1c(N2CCOCC2)cc(C(=O)C[n+]2nc3ccc(Oc4ccccc4)nn3c2N)cc1C(C)(C)C. The van der Waals surface area contributed by atoms with Crippen LogP contribution in [0.5, 0.6) is 17.4 Å². The molecule has 198 valence electrons. The summed E-state index contributed by atoms with van der Waals surface area (Å²) in [5, 5.41) is 8.96. The Labute approximate surface area is 221 Å². The van der Waals surface area contributed by atoms with Gasteiger partial charge in [-0.25, -0.2) is 0 Å². The zero-order chi connectivity index (χ0) is 26.9. The summed E-state index contributed by atoms with van der Waals surface area (Å²) in [6.07, 6.45) is 0. The van der Waals surface area contributed by atoms with Gasteiger partial charge in [-0.15, -0.1) is 4.68 Å². The Morgan fingerprint density at radius 3 is 2.53 bits per heavy atom. The highest BCUT2D eigenvalue weighted by molar-refractivity contribution is 5.97. The van der Waals surface area contributed by atoms with Crippen molar-refractivity contribution in [3.05, 3.63) is 65.7 Å². The second kappa shape index (κ2) is 10.3. The van der Waals surface area contributed by atoms with Gasteiger partial charge >= 0.3 is 5.95 Å². The molecule has 0 bridgehead atoms. The Balaban J connectivity index is 1.47. The number of ether oxygens (including phenoxy) is 3. The Hall–Kier alpha value is -4.18. The number of hydrogen-bond donors (Lipinski definition) is 1. The second-order valence-electron chi connectivity index (χ2n) is 10.2. The Bertz CT molecular complexity index is 1460. The van der Waals surface area contributed by atoms with E-state index in [2.05, 4.69) is 35.9 Å². The summed E-state index contributed by atoms with van der Waals surface area (Å²) >= 11 is 0. The molecule has 4 aromatic rings. The van der Waals surface area contributed by atoms with Crippen LogP contribution in [0.1, 0.15) is 36.7 Å². The number of Topliss-reactive ketones (excluding diaryl/α,β-unsaturated/α-hetero) is 1. The van der Waals surface area contributed by atoms with Crippen molar-refractivity contribution in [2.75, 3.05) is 44.0 Å². The summed E-state index contributed by atoms with van der Waals surface area (Å²) in [6.45, 7) is 9.00. The largest absolute Gasteiger partial charge is 0.494 e. The fraction of sp³-hybridized carbons (Fsp3) is 0.357. The van der Waals surface area contributed by atoms with E-state index in [1.165, 1.54) is 9.20 Å². The summed E-state index contributed by atoms with van der Waals surface area (Å²) in [5.74, 6) is 1.92. The number of fused-ring (bicyclic) bond motifs is 1. The van der Waals surface area contributed by atoms with Crippen molar-refractivity contribution in [3.63, 3.8) is 0 Å². The number of benzene rings is 2. The molecule has 0 saturated carbocycles. The first kappa shape index (κ1) is 25.5. The van der Waals surface area contributed by atoms with Crippen molar-refractivity contribution >= 4 is 23.1 Å². The lowest BCUT2D eigenvalue weighted by atomic mass is 9.84. The molecule has 0 radical (unpaired) electrons. The lowest BCUT2D eigenvalue weighted by molar-refractivity contribution is -0.723. The van der Waals surface area contributed by atoms with Crippen LogP contribution in [-0.4, -0.2) is 53.9 Å². The van der Waals surface area contributed by atoms with Gasteiger partial charge in [-0.3, -0.25) is 10.5 Å². The molecule has 1 fully saturated rings. The van der Waals surface area contributed by atoms with Crippen LogP contribution in [0.2, 0.25) is 0 Å². The normalized spacial score (nSPS) is 14.1. The lowest BCUT2D eigenvalue weighted by Crippen LogP contribution is -2.42. The highest BCUT2D eigenvalue weighted by atomic mass is 16.5. The van der Waals surface area contributed by atoms with Gasteiger partial charge in [0.25, 0.3) is 11.5 Å². The van der Waals surface area contributed by atoms with Crippen LogP contribution in [0.15, 0.2) is 54.6 Å². The highest BCUT2D eigenvalue weighted by Crippen LogP contribution is 2.40. The van der Waals surface area contributed by atoms with Gasteiger partial charge in [0.15, 0.2) is 12.3 Å². The molecule has 0 unspecified atom stereocenters. The maximum absolute atomic E-state index is 13.6. The van der Waals surface area contributed by atoms with Crippen LogP contribution in [0.4, 0.5) is 11.6 Å². The van der Waals surface area contributed by atoms with Gasteiger partial charge in [0.1, 0.15) is 11.5 Å². The number of nitrogens with two attached hydrogens (primary N) is 1. The van der Waals surface area contributed by atoms with E-state index in [0.29, 0.717) is 36.1 Å². The van der Waals surface area contributed by atoms with Crippen molar-refractivity contribution in [1.82, 2.24) is 14.7 Å². The minimum atomic E-state index is -0.239. The number of nitrogen functional groups attached to an aromatic ring is 1. The van der Waals surface area contributed by atoms with Gasteiger partial charge in [-0.05, 0) is 29.7 Å². The van der Waals surface area contributed by atoms with Crippen LogP contribution in [0, 0.1) is 0 Å². The molecule has 0 spiro atoms. The van der Waals surface area contributed by atoms with Gasteiger partial charge in [0.05, 0.1) is 26.0 Å². The molecule has 10 heteroatoms. The van der Waals surface area contributed by atoms with Crippen molar-refractivity contribution in [2.45, 2.75) is 32.7 Å². The number of carbonyl (C=O) groups is 1. The second-order valence-corrected chi connectivity index (χ2v) is 10.2. The summed E-state index contributed by atoms with van der Waals surface area (Å²) in [4.78, 5) is 15.8. The molecule has 1 aliphatic heterocycles. The Morgan fingerprint density at radius 2 is 1.84 bits per heavy atom. The van der Waals surface area contributed by atoms with E-state index in [-0.39, 0.29) is 23.7 Å². The number of para-hydroxylation sites is 1. The van der Waals surface area contributed by atoms with Gasteiger partial charge in [0.2, 0.25) is 0 Å². The molecule has 0 amide bonds. The third-order valence-corrected chi connectivity index (χ3v) is 6.51. The minimum absolute atomic E-state index is 0.0392. The van der Waals surface area contributed by atoms with E-state index < -0.39 is 0 Å². The number of methoxy groups -OCH3 is 1. The number of nitrogens with zero attached hydrogens (tertiary/aromatic N) is 5. The third kappa shape index (κ3) is 5.12. The molecule has 2 N–H and O–H groups in total. The van der Waals surface area contributed by atoms with E-state index >= 15 is 0 Å². The topological polar surface area (TPSA) is 108 Å². The number of ketones is 1. The molecule has 2 aromatic heterocycles. The monoisotopic (exact) mass is 517 g/mol. The molecule has 0 aliphatic carbocycles. The number of aromatic nitrogens is 4. The van der Waals surface area contributed by atoms with Crippen LogP contribution in [0.25, 0.3) is 5.65 Å². The molecule has 1 aliphatic rings. The molecule has 3 heterocycles. The van der Waals surface area contributed by atoms with Crippen molar-refractivity contribution in [3.8, 4) is 17.4 Å². The molecule has 38 heavy (non-hydrogen) atoms. The maximum atomic E-state index is 13.6. The molecule has 0 atom stereocenters. The average molecular weight is 518 g/mol. The smallest absolute Gasteiger partial charge is 0.401 e. The van der Waals surface area contributed by atoms with Gasteiger partial charge in [-0.1, -0.05) is 53.7 Å². The van der Waals surface area contributed by atoms with E-state index in [0.717, 1.165) is 30.1 Å². The Morgan fingerprint density at radius 1 is 1.11 bits per heavy atom. The van der Waals surface area contributed by atoms with E-state index in [1.54, 1.807) is 19.2 Å². The first-order valence-electron chi connectivity index (χ1n) is 12.6. The standard InChI is InChI=1S/C28H32N6O4/c1-28(2,3)21-16-19(17-22(26(21)36-4)32-12-14-37-15-13-32)23(35)18-33-27(29)34-24(30-33)10-11-25(31-34)38-20-8-6-5-7-9-20/h5-11,16-17,29H,12-15,18H2,1-4H3/p+1. The first-order valence-corrected chi connectivity index (χ1v) is 12.6. The van der Waals surface area contributed by atoms with Crippen LogP contribution >= 0.6 is 0 Å². The number of morpholine rings is 1. The molecule has 1 saturated heterocycles. The number of rotatable bonds is 7. The van der Waals surface area contributed by atoms with E-state index in [4.69, 9.17) is 19.9 Å².